The molecule has 0 saturated heterocycles. The highest BCUT2D eigenvalue weighted by Crippen LogP contribution is 2.52. The van der Waals surface area contributed by atoms with Gasteiger partial charge in [0, 0.05) is 5.69 Å². The van der Waals surface area contributed by atoms with Crippen molar-refractivity contribution in [3.8, 4) is 0 Å². The average Bonchev–Trinajstić information content (AvgIpc) is 2.98. The summed E-state index contributed by atoms with van der Waals surface area (Å²) >= 11 is 0. The Morgan fingerprint density at radius 1 is 1.25 bits per heavy atom. The van der Waals surface area contributed by atoms with Crippen LogP contribution in [-0.2, 0) is 9.59 Å². The molecule has 4 atom stereocenters. The van der Waals surface area contributed by atoms with Gasteiger partial charge in [0.25, 0.3) is 0 Å². The SMILES string of the molecule is Cc1cccc(NC(=O)[C@@H]2[C@H]3CC[C@@H](C3)[C@@H]2C(=O)O)n1. The summed E-state index contributed by atoms with van der Waals surface area (Å²) in [5, 5.41) is 12.2. The molecule has 1 aromatic rings. The largest absolute Gasteiger partial charge is 0.481 e. The number of amides is 1. The Balaban J connectivity index is 1.78. The van der Waals surface area contributed by atoms with Gasteiger partial charge in [0.05, 0.1) is 11.8 Å². The quantitative estimate of drug-likeness (QED) is 0.884. The number of hydrogen-bond donors (Lipinski definition) is 2. The van der Waals surface area contributed by atoms with Gasteiger partial charge in [-0.1, -0.05) is 6.07 Å². The molecular formula is C15H18N2O3. The van der Waals surface area contributed by atoms with Crippen LogP contribution >= 0.6 is 0 Å². The van der Waals surface area contributed by atoms with Crippen LogP contribution < -0.4 is 5.32 Å². The lowest BCUT2D eigenvalue weighted by atomic mass is 9.79. The fourth-order valence-electron chi connectivity index (χ4n) is 3.85. The fourth-order valence-corrected chi connectivity index (χ4v) is 3.85. The molecule has 1 aromatic heterocycles. The van der Waals surface area contributed by atoms with E-state index in [0.717, 1.165) is 25.0 Å². The van der Waals surface area contributed by atoms with Gasteiger partial charge >= 0.3 is 5.97 Å². The van der Waals surface area contributed by atoms with Gasteiger partial charge in [-0.3, -0.25) is 9.59 Å². The number of rotatable bonds is 3. The summed E-state index contributed by atoms with van der Waals surface area (Å²) in [6.07, 6.45) is 2.78. The van der Waals surface area contributed by atoms with Crippen LogP contribution in [0, 0.1) is 30.6 Å². The number of fused-ring (bicyclic) bond motifs is 2. The summed E-state index contributed by atoms with van der Waals surface area (Å²) in [4.78, 5) is 28.1. The molecule has 0 aromatic carbocycles. The van der Waals surface area contributed by atoms with Crippen LogP contribution in [0.5, 0.6) is 0 Å². The molecule has 0 aliphatic heterocycles. The topological polar surface area (TPSA) is 79.3 Å². The summed E-state index contributed by atoms with van der Waals surface area (Å²) < 4.78 is 0. The Hall–Kier alpha value is -1.91. The summed E-state index contributed by atoms with van der Waals surface area (Å²) in [5.74, 6) is -1.09. The van der Waals surface area contributed by atoms with Crippen molar-refractivity contribution < 1.29 is 14.7 Å². The van der Waals surface area contributed by atoms with E-state index in [0.29, 0.717) is 5.82 Å². The maximum atomic E-state index is 12.4. The molecule has 0 unspecified atom stereocenters. The third kappa shape index (κ3) is 2.17. The number of carboxylic acids is 1. The minimum absolute atomic E-state index is 0.165. The Kier molecular flexibility index (Phi) is 3.20. The van der Waals surface area contributed by atoms with Crippen molar-refractivity contribution in [1.82, 2.24) is 4.98 Å². The molecule has 106 valence electrons. The van der Waals surface area contributed by atoms with E-state index < -0.39 is 17.8 Å². The molecule has 0 spiro atoms. The first-order chi connectivity index (χ1) is 9.56. The standard InChI is InChI=1S/C15H18N2O3/c1-8-3-2-4-11(16-8)17-14(18)12-9-5-6-10(7-9)13(12)15(19)20/h2-4,9-10,12-13H,5-7H2,1H3,(H,19,20)(H,16,17,18)/t9-,10-,12+,13-/m0/s1. The zero-order valence-electron chi connectivity index (χ0n) is 11.4. The third-order valence-corrected chi connectivity index (χ3v) is 4.64. The van der Waals surface area contributed by atoms with E-state index >= 15 is 0 Å². The number of carboxylic acid groups (broad SMARTS) is 1. The number of aryl methyl sites for hydroxylation is 1. The summed E-state index contributed by atoms with van der Waals surface area (Å²) in [7, 11) is 0. The lowest BCUT2D eigenvalue weighted by Crippen LogP contribution is -2.38. The molecule has 2 saturated carbocycles. The number of aliphatic carboxylic acids is 1. The van der Waals surface area contributed by atoms with Crippen LogP contribution in [0.25, 0.3) is 0 Å². The summed E-state index contributed by atoms with van der Waals surface area (Å²) in [5.41, 5.74) is 0.825. The minimum Gasteiger partial charge on any atom is -0.481 e. The van der Waals surface area contributed by atoms with Crippen molar-refractivity contribution in [1.29, 1.82) is 0 Å². The van der Waals surface area contributed by atoms with Crippen LogP contribution in [0.3, 0.4) is 0 Å². The summed E-state index contributed by atoms with van der Waals surface area (Å²) in [6, 6.07) is 5.41. The molecule has 2 fully saturated rings. The number of nitrogens with zero attached hydrogens (tertiary/aromatic N) is 1. The van der Waals surface area contributed by atoms with Gasteiger partial charge < -0.3 is 10.4 Å². The van der Waals surface area contributed by atoms with E-state index in [4.69, 9.17) is 0 Å². The second-order valence-corrected chi connectivity index (χ2v) is 5.88. The lowest BCUT2D eigenvalue weighted by Gasteiger charge is -2.26. The molecule has 3 rings (SSSR count). The second kappa shape index (κ2) is 4.89. The number of aromatic nitrogens is 1. The van der Waals surface area contributed by atoms with Gasteiger partial charge in [0.1, 0.15) is 5.82 Å². The molecule has 2 N–H and O–H groups in total. The molecule has 2 bridgehead atoms. The molecule has 2 aliphatic rings. The normalized spacial score (nSPS) is 31.2. The van der Waals surface area contributed by atoms with Gasteiger partial charge in [-0.2, -0.15) is 0 Å². The molecule has 5 heteroatoms. The Morgan fingerprint density at radius 3 is 2.60 bits per heavy atom. The molecule has 5 nitrogen and oxygen atoms in total. The minimum atomic E-state index is -0.838. The number of carbonyl (C=O) groups is 2. The van der Waals surface area contributed by atoms with E-state index in [-0.39, 0.29) is 17.7 Å². The van der Waals surface area contributed by atoms with Crippen LogP contribution in [-0.4, -0.2) is 22.0 Å². The first-order valence-electron chi connectivity index (χ1n) is 7.03. The van der Waals surface area contributed by atoms with Crippen LogP contribution in [0.2, 0.25) is 0 Å². The van der Waals surface area contributed by atoms with Gasteiger partial charge in [-0.15, -0.1) is 0 Å². The third-order valence-electron chi connectivity index (χ3n) is 4.64. The van der Waals surface area contributed by atoms with Gasteiger partial charge in [0.15, 0.2) is 0 Å². The highest BCUT2D eigenvalue weighted by Gasteiger charge is 2.54. The molecule has 1 heterocycles. The van der Waals surface area contributed by atoms with Crippen LogP contribution in [0.1, 0.15) is 25.0 Å². The van der Waals surface area contributed by atoms with Crippen molar-refractivity contribution in [2.75, 3.05) is 5.32 Å². The van der Waals surface area contributed by atoms with Crippen molar-refractivity contribution in [3.05, 3.63) is 23.9 Å². The van der Waals surface area contributed by atoms with E-state index in [1.54, 1.807) is 6.07 Å². The first-order valence-corrected chi connectivity index (χ1v) is 7.03. The van der Waals surface area contributed by atoms with Crippen LogP contribution in [0.4, 0.5) is 5.82 Å². The maximum Gasteiger partial charge on any atom is 0.307 e. The molecular weight excluding hydrogens is 256 g/mol. The van der Waals surface area contributed by atoms with Crippen molar-refractivity contribution in [3.63, 3.8) is 0 Å². The van der Waals surface area contributed by atoms with Gasteiger partial charge in [-0.05, 0) is 50.2 Å². The molecule has 2 aliphatic carbocycles. The van der Waals surface area contributed by atoms with Crippen molar-refractivity contribution in [2.24, 2.45) is 23.7 Å². The highest BCUT2D eigenvalue weighted by molar-refractivity contribution is 5.95. The van der Waals surface area contributed by atoms with Gasteiger partial charge in [0.2, 0.25) is 5.91 Å². The Bertz CT molecular complexity index is 558. The second-order valence-electron chi connectivity index (χ2n) is 5.88. The van der Waals surface area contributed by atoms with E-state index in [9.17, 15) is 14.7 Å². The summed E-state index contributed by atoms with van der Waals surface area (Å²) in [6.45, 7) is 1.85. The lowest BCUT2D eigenvalue weighted by molar-refractivity contribution is -0.148. The van der Waals surface area contributed by atoms with E-state index in [1.165, 1.54) is 0 Å². The monoisotopic (exact) mass is 274 g/mol. The van der Waals surface area contributed by atoms with E-state index in [2.05, 4.69) is 10.3 Å². The number of hydrogen-bond acceptors (Lipinski definition) is 3. The maximum absolute atomic E-state index is 12.4. The first kappa shape index (κ1) is 13.1. The van der Waals surface area contributed by atoms with Crippen molar-refractivity contribution in [2.45, 2.75) is 26.2 Å². The van der Waals surface area contributed by atoms with Crippen molar-refractivity contribution >= 4 is 17.7 Å². The molecule has 0 radical (unpaired) electrons. The highest BCUT2D eigenvalue weighted by atomic mass is 16.4. The van der Waals surface area contributed by atoms with E-state index in [1.807, 2.05) is 19.1 Å². The smallest absolute Gasteiger partial charge is 0.307 e. The number of anilines is 1. The average molecular weight is 274 g/mol. The Morgan fingerprint density at radius 2 is 1.95 bits per heavy atom. The zero-order valence-corrected chi connectivity index (χ0v) is 11.4. The van der Waals surface area contributed by atoms with Crippen LogP contribution in [0.15, 0.2) is 18.2 Å². The molecule has 20 heavy (non-hydrogen) atoms. The van der Waals surface area contributed by atoms with Gasteiger partial charge in [-0.25, -0.2) is 4.98 Å². The molecule has 1 amide bonds. The zero-order chi connectivity index (χ0) is 14.3. The Labute approximate surface area is 117 Å². The number of nitrogens with one attached hydrogen (secondary N) is 1. The number of pyridine rings is 1. The predicted molar refractivity (Wildman–Crippen MR) is 73.1 cm³/mol. The fraction of sp³-hybridized carbons (Fsp3) is 0.533. The predicted octanol–water partition coefficient (Wildman–Crippen LogP) is 2.08. The number of carbonyl (C=O) groups excluding carboxylic acids is 1.